The predicted molar refractivity (Wildman–Crippen MR) is 79.9 cm³/mol. The van der Waals surface area contributed by atoms with Gasteiger partial charge in [-0.2, -0.15) is 13.2 Å². The lowest BCUT2D eigenvalue weighted by molar-refractivity contribution is -0.138. The van der Waals surface area contributed by atoms with Crippen molar-refractivity contribution in [2.24, 2.45) is 0 Å². The summed E-state index contributed by atoms with van der Waals surface area (Å²) >= 11 is 0. The average Bonchev–Trinajstić information content (AvgIpc) is 2.71. The number of carbonyl (C=O) groups excluding carboxylic acids is 2. The molecule has 0 saturated heterocycles. The molecule has 0 unspecified atom stereocenters. The molecule has 8 nitrogen and oxygen atoms in total. The minimum absolute atomic E-state index is 0.434. The van der Waals surface area contributed by atoms with Crippen molar-refractivity contribution in [3.8, 4) is 5.75 Å². The molecule has 0 bridgehead atoms. The number of benzene rings is 1. The van der Waals surface area contributed by atoms with Crippen LogP contribution in [-0.2, 0) is 21.0 Å². The van der Waals surface area contributed by atoms with E-state index in [-0.39, 0.29) is 0 Å². The number of nitrogens with one attached hydrogen (secondary N) is 2. The highest BCUT2D eigenvalue weighted by Gasteiger charge is 2.38. The second-order valence-corrected chi connectivity index (χ2v) is 6.74. The van der Waals surface area contributed by atoms with E-state index in [4.69, 9.17) is 0 Å². The normalized spacial score (nSPS) is 16.2. The Morgan fingerprint density at radius 2 is 1.88 bits per heavy atom. The van der Waals surface area contributed by atoms with Gasteiger partial charge in [0.1, 0.15) is 5.70 Å². The molecule has 136 valence electrons. The molecule has 0 radical (unpaired) electrons. The van der Waals surface area contributed by atoms with Crippen LogP contribution in [0.25, 0.3) is 0 Å². The quantitative estimate of drug-likeness (QED) is 0.670. The van der Waals surface area contributed by atoms with Gasteiger partial charge >= 0.3 is 6.18 Å². The highest BCUT2D eigenvalue weighted by Crippen LogP contribution is 2.40. The summed E-state index contributed by atoms with van der Waals surface area (Å²) in [6.07, 6.45) is -4.91. The van der Waals surface area contributed by atoms with Gasteiger partial charge in [-0.15, -0.1) is 0 Å². The van der Waals surface area contributed by atoms with Crippen LogP contribution in [0, 0.1) is 0 Å². The maximum absolute atomic E-state index is 13.1. The molecule has 1 heterocycles. The molecule has 12 heteroatoms. The van der Waals surface area contributed by atoms with Crippen LogP contribution in [0.2, 0.25) is 0 Å². The van der Waals surface area contributed by atoms with E-state index in [9.17, 15) is 36.3 Å². The summed E-state index contributed by atoms with van der Waals surface area (Å²) in [5, 5.41) is 12.8. The first-order chi connectivity index (χ1) is 11.3. The minimum Gasteiger partial charge on any atom is -0.505 e. The van der Waals surface area contributed by atoms with Gasteiger partial charge in [0.05, 0.1) is 22.2 Å². The first-order valence-electron chi connectivity index (χ1n) is 6.54. The van der Waals surface area contributed by atoms with Crippen LogP contribution in [0.5, 0.6) is 5.75 Å². The Bertz CT molecular complexity index is 891. The highest BCUT2D eigenvalue weighted by atomic mass is 32.2. The maximum atomic E-state index is 13.1. The number of nitrogens with zero attached hydrogens (tertiary/aromatic N) is 1. The Balaban J connectivity index is 2.57. The summed E-state index contributed by atoms with van der Waals surface area (Å²) in [7, 11) is -1.62. The molecular formula is C13H12F3N3O5S. The zero-order valence-corrected chi connectivity index (χ0v) is 13.6. The number of aromatic hydroxyl groups is 1. The van der Waals surface area contributed by atoms with Crippen molar-refractivity contribution in [1.29, 1.82) is 0 Å². The van der Waals surface area contributed by atoms with E-state index in [1.165, 1.54) is 14.1 Å². The number of hydrogen-bond donors (Lipinski definition) is 3. The fourth-order valence-corrected chi connectivity index (χ4v) is 2.93. The molecule has 1 aliphatic heterocycles. The third-order valence-corrected chi connectivity index (χ3v) is 4.14. The van der Waals surface area contributed by atoms with Crippen LogP contribution >= 0.6 is 0 Å². The Kier molecular flexibility index (Phi) is 4.42. The summed E-state index contributed by atoms with van der Waals surface area (Å²) in [6, 6.07) is 1.32. The Hall–Kier alpha value is -2.76. The number of anilines is 1. The van der Waals surface area contributed by atoms with Gasteiger partial charge < -0.3 is 15.3 Å². The van der Waals surface area contributed by atoms with Crippen LogP contribution in [0.15, 0.2) is 23.2 Å². The molecule has 2 rings (SSSR count). The van der Waals surface area contributed by atoms with E-state index in [1.54, 1.807) is 4.72 Å². The maximum Gasteiger partial charge on any atom is 0.417 e. The van der Waals surface area contributed by atoms with Gasteiger partial charge in [-0.3, -0.25) is 9.59 Å². The van der Waals surface area contributed by atoms with Gasteiger partial charge in [-0.05, 0) is 12.1 Å². The van der Waals surface area contributed by atoms with E-state index < -0.39 is 56.3 Å². The molecule has 1 aliphatic rings. The average molecular weight is 379 g/mol. The molecule has 0 aliphatic carbocycles. The number of alkyl halides is 3. The molecule has 0 aromatic heterocycles. The lowest BCUT2D eigenvalue weighted by Crippen LogP contribution is -2.26. The largest absolute Gasteiger partial charge is 0.505 e. The standard InChI is InChI=1S/C13H12F3N3O5S/c1-19(2)12(22)9-6(13(14,15)16)3-4-7(10(9)20)17-8-5-25(23,24)18-11(8)21/h3-5,17,20H,1-2H3,(H,18,21). The van der Waals surface area contributed by atoms with Crippen LogP contribution in [-0.4, -0.2) is 44.3 Å². The van der Waals surface area contributed by atoms with Gasteiger partial charge in [0, 0.05) is 14.1 Å². The number of sulfonamides is 1. The molecule has 3 N–H and O–H groups in total. The van der Waals surface area contributed by atoms with E-state index in [0.717, 1.165) is 11.0 Å². The first kappa shape index (κ1) is 18.6. The van der Waals surface area contributed by atoms with Gasteiger partial charge in [0.15, 0.2) is 5.75 Å². The van der Waals surface area contributed by atoms with Crippen molar-refractivity contribution in [3.05, 3.63) is 34.4 Å². The molecular weight excluding hydrogens is 367 g/mol. The number of phenols is 1. The summed E-state index contributed by atoms with van der Waals surface area (Å²) in [6.45, 7) is 0. The molecule has 1 aromatic rings. The first-order valence-corrected chi connectivity index (χ1v) is 8.09. The topological polar surface area (TPSA) is 116 Å². The highest BCUT2D eigenvalue weighted by molar-refractivity contribution is 7.93. The van der Waals surface area contributed by atoms with Crippen molar-refractivity contribution in [2.75, 3.05) is 19.4 Å². The van der Waals surface area contributed by atoms with Crippen molar-refractivity contribution >= 4 is 27.5 Å². The number of halogens is 3. The van der Waals surface area contributed by atoms with Crippen molar-refractivity contribution < 1.29 is 36.3 Å². The van der Waals surface area contributed by atoms with Crippen LogP contribution in [0.1, 0.15) is 15.9 Å². The Morgan fingerprint density at radius 1 is 1.28 bits per heavy atom. The van der Waals surface area contributed by atoms with Crippen LogP contribution in [0.4, 0.5) is 18.9 Å². The summed E-state index contributed by atoms with van der Waals surface area (Å²) in [5.74, 6) is -3.24. The fourth-order valence-electron chi connectivity index (χ4n) is 2.02. The van der Waals surface area contributed by atoms with Crippen molar-refractivity contribution in [1.82, 2.24) is 9.62 Å². The van der Waals surface area contributed by atoms with Crippen molar-refractivity contribution in [3.63, 3.8) is 0 Å². The zero-order valence-electron chi connectivity index (χ0n) is 12.8. The minimum atomic E-state index is -4.91. The number of rotatable bonds is 3. The summed E-state index contributed by atoms with van der Waals surface area (Å²) in [5.41, 5.74) is -3.34. The zero-order chi connectivity index (χ0) is 19.2. The summed E-state index contributed by atoms with van der Waals surface area (Å²) < 4.78 is 63.4. The second-order valence-electron chi connectivity index (χ2n) is 5.21. The molecule has 0 atom stereocenters. The third kappa shape index (κ3) is 3.68. The predicted octanol–water partition coefficient (Wildman–Crippen LogP) is 0.826. The number of hydrogen-bond acceptors (Lipinski definition) is 6. The second kappa shape index (κ2) is 5.95. The van der Waals surface area contributed by atoms with Crippen LogP contribution < -0.4 is 10.0 Å². The smallest absolute Gasteiger partial charge is 0.417 e. The van der Waals surface area contributed by atoms with Crippen molar-refractivity contribution in [2.45, 2.75) is 6.18 Å². The van der Waals surface area contributed by atoms with E-state index in [0.29, 0.717) is 11.5 Å². The lowest BCUT2D eigenvalue weighted by atomic mass is 10.0. The molecule has 0 saturated carbocycles. The molecule has 0 fully saturated rings. The van der Waals surface area contributed by atoms with E-state index >= 15 is 0 Å². The van der Waals surface area contributed by atoms with Gasteiger partial charge in [0.2, 0.25) is 0 Å². The fraction of sp³-hybridized carbons (Fsp3) is 0.231. The third-order valence-electron chi connectivity index (χ3n) is 3.13. The summed E-state index contributed by atoms with van der Waals surface area (Å²) in [4.78, 5) is 24.4. The van der Waals surface area contributed by atoms with Crippen LogP contribution in [0.3, 0.4) is 0 Å². The molecule has 25 heavy (non-hydrogen) atoms. The SMILES string of the molecule is CN(C)C(=O)c1c(C(F)(F)F)ccc(NC2=CS(=O)(=O)NC2=O)c1O. The number of phenolic OH excluding ortho intramolecular Hbond substituents is 1. The Labute approximate surface area is 140 Å². The Morgan fingerprint density at radius 3 is 2.32 bits per heavy atom. The molecule has 2 amide bonds. The number of amides is 2. The monoisotopic (exact) mass is 379 g/mol. The van der Waals surface area contributed by atoms with Gasteiger partial charge in [-0.25, -0.2) is 13.1 Å². The van der Waals surface area contributed by atoms with E-state index in [1.807, 2.05) is 0 Å². The molecule has 0 spiro atoms. The number of carbonyl (C=O) groups is 2. The van der Waals surface area contributed by atoms with Gasteiger partial charge in [-0.1, -0.05) is 0 Å². The molecule has 1 aromatic carbocycles. The van der Waals surface area contributed by atoms with E-state index in [2.05, 4.69) is 5.32 Å². The lowest BCUT2D eigenvalue weighted by Gasteiger charge is -2.19. The van der Waals surface area contributed by atoms with Gasteiger partial charge in [0.25, 0.3) is 21.8 Å².